The van der Waals surface area contributed by atoms with Crippen LogP contribution in [0.15, 0.2) is 127 Å². The summed E-state index contributed by atoms with van der Waals surface area (Å²) in [7, 11) is 0. The smallest absolute Gasteiger partial charge is 0.0919 e. The second-order valence-corrected chi connectivity index (χ2v) is 9.87. The van der Waals surface area contributed by atoms with Crippen molar-refractivity contribution in [3.63, 3.8) is 0 Å². The minimum atomic E-state index is -1.19. The quantitative estimate of drug-likeness (QED) is 0.269. The first kappa shape index (κ1) is 22.5. The summed E-state index contributed by atoms with van der Waals surface area (Å²) < 4.78 is 0. The molecule has 2 heteroatoms. The van der Waals surface area contributed by atoms with Crippen molar-refractivity contribution in [1.29, 1.82) is 0 Å². The highest BCUT2D eigenvalue weighted by molar-refractivity contribution is 5.86. The van der Waals surface area contributed by atoms with E-state index in [-0.39, 0.29) is 0 Å². The van der Waals surface area contributed by atoms with Crippen molar-refractivity contribution in [3.8, 4) is 0 Å². The molecule has 0 saturated heterocycles. The van der Waals surface area contributed by atoms with Gasteiger partial charge in [-0.2, -0.15) is 0 Å². The molecule has 0 aromatic heterocycles. The SMILES string of the molecule is N[C@H](c1cccc2ccccc12)C(O)(Cc1ccc2ccccc2c1)Cc1ccc2ccccc2c1. The molecule has 0 aliphatic carbocycles. The predicted molar refractivity (Wildman–Crippen MR) is 151 cm³/mol. The highest BCUT2D eigenvalue weighted by Gasteiger charge is 2.36. The molecule has 6 rings (SSSR count). The van der Waals surface area contributed by atoms with Crippen molar-refractivity contribution in [3.05, 3.63) is 144 Å². The van der Waals surface area contributed by atoms with E-state index in [1.807, 2.05) is 18.2 Å². The molecule has 0 heterocycles. The highest BCUT2D eigenvalue weighted by atomic mass is 16.3. The minimum Gasteiger partial charge on any atom is -0.387 e. The first-order valence-electron chi connectivity index (χ1n) is 12.5. The van der Waals surface area contributed by atoms with Gasteiger partial charge in [-0.05, 0) is 49.0 Å². The van der Waals surface area contributed by atoms with Crippen LogP contribution >= 0.6 is 0 Å². The van der Waals surface area contributed by atoms with E-state index in [2.05, 4.69) is 109 Å². The average Bonchev–Trinajstić information content (AvgIpc) is 2.92. The molecule has 0 unspecified atom stereocenters. The lowest BCUT2D eigenvalue weighted by Gasteiger charge is -2.35. The molecule has 6 aromatic carbocycles. The van der Waals surface area contributed by atoms with E-state index >= 15 is 0 Å². The monoisotopic (exact) mass is 467 g/mol. The van der Waals surface area contributed by atoms with Crippen LogP contribution in [-0.4, -0.2) is 10.7 Å². The van der Waals surface area contributed by atoms with Crippen LogP contribution in [0.3, 0.4) is 0 Å². The molecule has 176 valence electrons. The Balaban J connectivity index is 1.44. The summed E-state index contributed by atoms with van der Waals surface area (Å²) in [5.74, 6) is 0. The maximum Gasteiger partial charge on any atom is 0.0919 e. The molecule has 0 saturated carbocycles. The number of aliphatic hydroxyl groups is 1. The van der Waals surface area contributed by atoms with Crippen LogP contribution in [-0.2, 0) is 12.8 Å². The minimum absolute atomic E-state index is 0.453. The largest absolute Gasteiger partial charge is 0.387 e. The number of nitrogens with two attached hydrogens (primary N) is 1. The third kappa shape index (κ3) is 4.26. The lowest BCUT2D eigenvalue weighted by Crippen LogP contribution is -2.45. The number of fused-ring (bicyclic) bond motifs is 3. The van der Waals surface area contributed by atoms with Crippen molar-refractivity contribution >= 4 is 32.3 Å². The van der Waals surface area contributed by atoms with Gasteiger partial charge in [-0.1, -0.05) is 127 Å². The zero-order valence-electron chi connectivity index (χ0n) is 20.1. The molecule has 6 aromatic rings. The van der Waals surface area contributed by atoms with E-state index in [0.717, 1.165) is 27.5 Å². The maximum absolute atomic E-state index is 12.4. The molecule has 0 fully saturated rings. The third-order valence-corrected chi connectivity index (χ3v) is 7.39. The van der Waals surface area contributed by atoms with Gasteiger partial charge in [0.1, 0.15) is 0 Å². The van der Waals surface area contributed by atoms with E-state index < -0.39 is 11.6 Å². The van der Waals surface area contributed by atoms with E-state index in [0.29, 0.717) is 12.8 Å². The van der Waals surface area contributed by atoms with Crippen molar-refractivity contribution in [1.82, 2.24) is 0 Å². The summed E-state index contributed by atoms with van der Waals surface area (Å²) in [6.45, 7) is 0. The topological polar surface area (TPSA) is 46.2 Å². The molecule has 0 bridgehead atoms. The average molecular weight is 468 g/mol. The second-order valence-electron chi connectivity index (χ2n) is 9.87. The number of hydrogen-bond donors (Lipinski definition) is 2. The summed E-state index contributed by atoms with van der Waals surface area (Å²) in [4.78, 5) is 0. The van der Waals surface area contributed by atoms with E-state index in [1.165, 1.54) is 21.5 Å². The summed E-state index contributed by atoms with van der Waals surface area (Å²) in [5, 5.41) is 19.4. The van der Waals surface area contributed by atoms with Gasteiger partial charge in [0.15, 0.2) is 0 Å². The fourth-order valence-electron chi connectivity index (χ4n) is 5.50. The molecule has 0 aliphatic rings. The molecule has 2 nitrogen and oxygen atoms in total. The van der Waals surface area contributed by atoms with Crippen molar-refractivity contribution in [2.24, 2.45) is 5.73 Å². The van der Waals surface area contributed by atoms with Gasteiger partial charge in [-0.3, -0.25) is 0 Å². The fourth-order valence-corrected chi connectivity index (χ4v) is 5.50. The third-order valence-electron chi connectivity index (χ3n) is 7.39. The lowest BCUT2D eigenvalue weighted by atomic mass is 9.78. The van der Waals surface area contributed by atoms with Crippen LogP contribution < -0.4 is 5.73 Å². The lowest BCUT2D eigenvalue weighted by molar-refractivity contribution is 0.0141. The molecule has 0 spiro atoms. The van der Waals surface area contributed by atoms with Crippen molar-refractivity contribution < 1.29 is 5.11 Å². The Bertz CT molecular complexity index is 1600. The van der Waals surface area contributed by atoms with Crippen LogP contribution in [0.2, 0.25) is 0 Å². The van der Waals surface area contributed by atoms with Gasteiger partial charge in [0.2, 0.25) is 0 Å². The van der Waals surface area contributed by atoms with Gasteiger partial charge in [0.05, 0.1) is 11.6 Å². The Morgan fingerprint density at radius 2 is 1.00 bits per heavy atom. The van der Waals surface area contributed by atoms with E-state index in [1.54, 1.807) is 0 Å². The van der Waals surface area contributed by atoms with E-state index in [9.17, 15) is 5.11 Å². The maximum atomic E-state index is 12.4. The molecule has 36 heavy (non-hydrogen) atoms. The highest BCUT2D eigenvalue weighted by Crippen LogP contribution is 2.35. The fraction of sp³-hybridized carbons (Fsp3) is 0.118. The Kier molecular flexibility index (Phi) is 5.77. The Labute approximate surface area is 211 Å². The second kappa shape index (κ2) is 9.23. The Hall–Kier alpha value is -3.98. The molecule has 1 atom stereocenters. The summed E-state index contributed by atoms with van der Waals surface area (Å²) >= 11 is 0. The van der Waals surface area contributed by atoms with Crippen LogP contribution in [0.4, 0.5) is 0 Å². The molecule has 0 amide bonds. The van der Waals surface area contributed by atoms with Gasteiger partial charge >= 0.3 is 0 Å². The van der Waals surface area contributed by atoms with Crippen molar-refractivity contribution in [2.75, 3.05) is 0 Å². The van der Waals surface area contributed by atoms with E-state index in [4.69, 9.17) is 5.73 Å². The van der Waals surface area contributed by atoms with Crippen LogP contribution in [0.25, 0.3) is 32.3 Å². The number of benzene rings is 6. The summed E-state index contributed by atoms with van der Waals surface area (Å²) in [6.07, 6.45) is 0.907. The standard InChI is InChI=1S/C34H29NO/c35-33(32-15-7-13-28-10-5-6-14-31(28)32)34(36,22-24-16-18-26-8-1-3-11-29(26)20-24)23-25-17-19-27-9-2-4-12-30(27)21-25/h1-21,33,36H,22-23,35H2/t33-/m1/s1. The predicted octanol–water partition coefficient (Wildman–Crippen LogP) is 7.36. The number of hydrogen-bond acceptors (Lipinski definition) is 2. The van der Waals surface area contributed by atoms with Gasteiger partial charge in [-0.25, -0.2) is 0 Å². The molecule has 3 N–H and O–H groups in total. The zero-order chi connectivity index (χ0) is 24.5. The Morgan fingerprint density at radius 1 is 0.528 bits per heavy atom. The molecular formula is C34H29NO. The van der Waals surface area contributed by atoms with Crippen LogP contribution in [0.5, 0.6) is 0 Å². The Morgan fingerprint density at radius 3 is 1.58 bits per heavy atom. The molecule has 0 aliphatic heterocycles. The van der Waals surface area contributed by atoms with Gasteiger partial charge in [-0.15, -0.1) is 0 Å². The zero-order valence-corrected chi connectivity index (χ0v) is 20.1. The van der Waals surface area contributed by atoms with Crippen molar-refractivity contribution in [2.45, 2.75) is 24.5 Å². The van der Waals surface area contributed by atoms with Gasteiger partial charge in [0.25, 0.3) is 0 Å². The first-order valence-corrected chi connectivity index (χ1v) is 12.5. The normalized spacial score (nSPS) is 12.8. The van der Waals surface area contributed by atoms with Crippen LogP contribution in [0.1, 0.15) is 22.7 Å². The first-order chi connectivity index (χ1) is 17.6. The van der Waals surface area contributed by atoms with Gasteiger partial charge in [0, 0.05) is 12.8 Å². The molecular weight excluding hydrogens is 438 g/mol. The summed E-state index contributed by atoms with van der Waals surface area (Å²) in [5.41, 5.74) is 8.95. The van der Waals surface area contributed by atoms with Gasteiger partial charge < -0.3 is 10.8 Å². The molecule has 0 radical (unpaired) electrons. The number of rotatable bonds is 6. The van der Waals surface area contributed by atoms with Crippen LogP contribution in [0, 0.1) is 0 Å². The summed E-state index contributed by atoms with van der Waals surface area (Å²) in [6, 6.07) is 43.4.